The van der Waals surface area contributed by atoms with E-state index in [0.717, 1.165) is 78.4 Å². The van der Waals surface area contributed by atoms with Crippen LogP contribution in [-0.4, -0.2) is 28.9 Å². The molecule has 4 aromatic carbocycles. The molecule has 0 fully saturated rings. The van der Waals surface area contributed by atoms with E-state index in [1.54, 1.807) is 7.11 Å². The lowest BCUT2D eigenvalue weighted by atomic mass is 9.94. The van der Waals surface area contributed by atoms with Gasteiger partial charge in [0.2, 0.25) is 0 Å². The summed E-state index contributed by atoms with van der Waals surface area (Å²) in [4.78, 5) is 15.7. The number of aromatic nitrogens is 1. The first kappa shape index (κ1) is 28.5. The van der Waals surface area contributed by atoms with Gasteiger partial charge in [0, 0.05) is 43.5 Å². The van der Waals surface area contributed by atoms with Crippen LogP contribution < -0.4 is 9.47 Å². The molecule has 6 heteroatoms. The Balaban J connectivity index is 0.00000337. The van der Waals surface area contributed by atoms with Crippen molar-refractivity contribution in [3.8, 4) is 17.2 Å². The molecule has 1 aliphatic rings. The van der Waals surface area contributed by atoms with E-state index in [2.05, 4.69) is 82.3 Å². The Kier molecular flexibility index (Phi) is 9.07. The number of carbonyl (C=O) groups excluding carboxylic acids is 1. The molecule has 0 atom stereocenters. The summed E-state index contributed by atoms with van der Waals surface area (Å²) in [6.07, 6.45) is 2.41. The van der Waals surface area contributed by atoms with Crippen LogP contribution in [0.4, 0.5) is 0 Å². The normalized spacial score (nSPS) is 12.7. The number of hydrogen-bond acceptors (Lipinski definition) is 4. The number of aryl methyl sites for hydroxylation is 1. The lowest BCUT2D eigenvalue weighted by Crippen LogP contribution is -2.28. The fourth-order valence-electron chi connectivity index (χ4n) is 5.73. The molecule has 0 saturated heterocycles. The van der Waals surface area contributed by atoms with Gasteiger partial charge in [-0.2, -0.15) is 0 Å². The van der Waals surface area contributed by atoms with Gasteiger partial charge in [-0.05, 0) is 72.0 Å². The van der Waals surface area contributed by atoms with Crippen LogP contribution >= 0.6 is 12.4 Å². The minimum Gasteiger partial charge on any atom is -0.497 e. The predicted molar refractivity (Wildman–Crippen MR) is 167 cm³/mol. The SMILES string of the molecule is COc1ccc(Oc2ccc3c(c2)c2c(n3CCN(Cc3ccccc3)Cc3ccccc3)C(=O)CCC2)cc1.Cl. The van der Waals surface area contributed by atoms with Crippen LogP contribution in [-0.2, 0) is 26.1 Å². The molecular formula is C35H35ClN2O3. The molecule has 0 amide bonds. The Bertz CT molecular complexity index is 1560. The summed E-state index contributed by atoms with van der Waals surface area (Å²) >= 11 is 0. The molecule has 1 aromatic heterocycles. The molecule has 0 bridgehead atoms. The fourth-order valence-corrected chi connectivity index (χ4v) is 5.73. The first-order chi connectivity index (χ1) is 19.7. The molecule has 0 unspecified atom stereocenters. The Morgan fingerprint density at radius 2 is 1.37 bits per heavy atom. The maximum absolute atomic E-state index is 13.3. The average Bonchev–Trinajstić information content (AvgIpc) is 3.31. The molecule has 1 aliphatic carbocycles. The van der Waals surface area contributed by atoms with Crippen LogP contribution in [0, 0.1) is 0 Å². The number of nitrogens with zero attached hydrogens (tertiary/aromatic N) is 2. The fraction of sp³-hybridized carbons (Fsp3) is 0.229. The molecule has 41 heavy (non-hydrogen) atoms. The van der Waals surface area contributed by atoms with Gasteiger partial charge in [0.15, 0.2) is 5.78 Å². The van der Waals surface area contributed by atoms with Gasteiger partial charge < -0.3 is 14.0 Å². The van der Waals surface area contributed by atoms with Crippen LogP contribution in [0.15, 0.2) is 103 Å². The molecule has 0 aliphatic heterocycles. The Morgan fingerprint density at radius 3 is 2.00 bits per heavy atom. The van der Waals surface area contributed by atoms with Crippen molar-refractivity contribution in [3.05, 3.63) is 126 Å². The number of carbonyl (C=O) groups is 1. The molecule has 6 rings (SSSR count). The third kappa shape index (κ3) is 6.48. The van der Waals surface area contributed by atoms with Gasteiger partial charge in [0.1, 0.15) is 17.2 Å². The maximum Gasteiger partial charge on any atom is 0.179 e. The van der Waals surface area contributed by atoms with Gasteiger partial charge >= 0.3 is 0 Å². The number of ketones is 1. The number of ether oxygens (including phenoxy) is 2. The van der Waals surface area contributed by atoms with Crippen molar-refractivity contribution in [2.45, 2.75) is 38.9 Å². The molecule has 1 heterocycles. The highest BCUT2D eigenvalue weighted by Crippen LogP contribution is 2.36. The summed E-state index contributed by atoms with van der Waals surface area (Å²) in [5, 5.41) is 1.12. The largest absolute Gasteiger partial charge is 0.497 e. The van der Waals surface area contributed by atoms with Crippen molar-refractivity contribution in [1.82, 2.24) is 9.47 Å². The van der Waals surface area contributed by atoms with E-state index in [4.69, 9.17) is 9.47 Å². The van der Waals surface area contributed by atoms with Crippen LogP contribution in [0.1, 0.15) is 40.0 Å². The second-order valence-electron chi connectivity index (χ2n) is 10.4. The zero-order valence-electron chi connectivity index (χ0n) is 23.3. The number of fused-ring (bicyclic) bond motifs is 3. The summed E-state index contributed by atoms with van der Waals surface area (Å²) in [6, 6.07) is 35.0. The Hall–Kier alpha value is -4.06. The van der Waals surface area contributed by atoms with Crippen molar-refractivity contribution in [1.29, 1.82) is 0 Å². The highest BCUT2D eigenvalue weighted by Gasteiger charge is 2.26. The molecular weight excluding hydrogens is 532 g/mol. The average molecular weight is 567 g/mol. The minimum absolute atomic E-state index is 0. The second kappa shape index (κ2) is 13.1. The van der Waals surface area contributed by atoms with E-state index in [0.29, 0.717) is 6.42 Å². The first-order valence-electron chi connectivity index (χ1n) is 14.0. The third-order valence-electron chi connectivity index (χ3n) is 7.67. The molecule has 5 nitrogen and oxygen atoms in total. The Labute approximate surface area is 247 Å². The van der Waals surface area contributed by atoms with Gasteiger partial charge in [-0.1, -0.05) is 60.7 Å². The van der Waals surface area contributed by atoms with E-state index in [1.165, 1.54) is 11.1 Å². The van der Waals surface area contributed by atoms with Gasteiger partial charge in [-0.25, -0.2) is 0 Å². The topological polar surface area (TPSA) is 43.7 Å². The monoisotopic (exact) mass is 566 g/mol. The standard InChI is InChI=1S/C35H34N2O3.ClH/c1-39-28-15-17-29(18-16-28)40-30-19-20-33-32(23-30)31-13-8-14-34(38)35(31)37(33)22-21-36(24-26-9-4-2-5-10-26)25-27-11-6-3-7-12-27;/h2-7,9-12,15-20,23H,8,13-14,21-22,24-25H2,1H3;1H. The molecule has 5 aromatic rings. The zero-order valence-corrected chi connectivity index (χ0v) is 24.1. The highest BCUT2D eigenvalue weighted by atomic mass is 35.5. The third-order valence-corrected chi connectivity index (χ3v) is 7.67. The van der Waals surface area contributed by atoms with Gasteiger partial charge in [-0.3, -0.25) is 9.69 Å². The lowest BCUT2D eigenvalue weighted by Gasteiger charge is -2.24. The smallest absolute Gasteiger partial charge is 0.179 e. The van der Waals surface area contributed by atoms with Crippen molar-refractivity contribution in [2.75, 3.05) is 13.7 Å². The molecule has 0 radical (unpaired) electrons. The zero-order chi connectivity index (χ0) is 27.3. The van der Waals surface area contributed by atoms with Gasteiger partial charge in [0.25, 0.3) is 0 Å². The quantitative estimate of drug-likeness (QED) is 0.171. The summed E-state index contributed by atoms with van der Waals surface area (Å²) in [7, 11) is 1.65. The van der Waals surface area contributed by atoms with E-state index in [9.17, 15) is 4.79 Å². The lowest BCUT2D eigenvalue weighted by molar-refractivity contribution is 0.0962. The number of Topliss-reactive ketones (excluding diaryl/α,β-unsaturated/α-hetero) is 1. The summed E-state index contributed by atoms with van der Waals surface area (Å²) < 4.78 is 13.7. The van der Waals surface area contributed by atoms with Crippen molar-refractivity contribution in [2.24, 2.45) is 0 Å². The summed E-state index contributed by atoms with van der Waals surface area (Å²) in [5.41, 5.74) is 5.71. The van der Waals surface area contributed by atoms with Crippen LogP contribution in [0.2, 0.25) is 0 Å². The number of methoxy groups -OCH3 is 1. The van der Waals surface area contributed by atoms with E-state index < -0.39 is 0 Å². The number of hydrogen-bond donors (Lipinski definition) is 0. The van der Waals surface area contributed by atoms with E-state index in [-0.39, 0.29) is 18.2 Å². The van der Waals surface area contributed by atoms with Crippen LogP contribution in [0.25, 0.3) is 10.9 Å². The molecule has 0 saturated carbocycles. The van der Waals surface area contributed by atoms with E-state index in [1.807, 2.05) is 30.3 Å². The first-order valence-corrected chi connectivity index (χ1v) is 14.0. The molecule has 0 spiro atoms. The van der Waals surface area contributed by atoms with Crippen molar-refractivity contribution >= 4 is 29.1 Å². The van der Waals surface area contributed by atoms with Crippen LogP contribution in [0.3, 0.4) is 0 Å². The van der Waals surface area contributed by atoms with Crippen molar-refractivity contribution in [3.63, 3.8) is 0 Å². The highest BCUT2D eigenvalue weighted by molar-refractivity contribution is 6.04. The maximum atomic E-state index is 13.3. The minimum atomic E-state index is 0. The number of benzene rings is 4. The summed E-state index contributed by atoms with van der Waals surface area (Å²) in [5.74, 6) is 2.56. The van der Waals surface area contributed by atoms with Gasteiger partial charge in [0.05, 0.1) is 12.8 Å². The predicted octanol–water partition coefficient (Wildman–Crippen LogP) is 8.09. The molecule has 210 valence electrons. The van der Waals surface area contributed by atoms with Crippen LogP contribution in [0.5, 0.6) is 17.2 Å². The van der Waals surface area contributed by atoms with E-state index >= 15 is 0 Å². The number of halogens is 1. The van der Waals surface area contributed by atoms with Crippen molar-refractivity contribution < 1.29 is 14.3 Å². The summed E-state index contributed by atoms with van der Waals surface area (Å²) in [6.45, 7) is 3.28. The second-order valence-corrected chi connectivity index (χ2v) is 10.4. The molecule has 0 N–H and O–H groups in total. The van der Waals surface area contributed by atoms with Gasteiger partial charge in [-0.15, -0.1) is 12.4 Å². The number of rotatable bonds is 10. The Morgan fingerprint density at radius 1 is 0.756 bits per heavy atom.